The maximum atomic E-state index is 13.4. The van der Waals surface area contributed by atoms with Gasteiger partial charge in [-0.25, -0.2) is 13.1 Å². The van der Waals surface area contributed by atoms with Crippen molar-refractivity contribution in [3.63, 3.8) is 0 Å². The van der Waals surface area contributed by atoms with Crippen molar-refractivity contribution in [1.29, 1.82) is 0 Å². The molecule has 0 aliphatic carbocycles. The lowest BCUT2D eigenvalue weighted by molar-refractivity contribution is -0.390. The maximum Gasteiger partial charge on any atom is 0.324 e. The van der Waals surface area contributed by atoms with Crippen LogP contribution in [0.25, 0.3) is 0 Å². The molecule has 0 radical (unpaired) electrons. The molecule has 0 bridgehead atoms. The van der Waals surface area contributed by atoms with Crippen LogP contribution >= 0.6 is 0 Å². The van der Waals surface area contributed by atoms with Crippen LogP contribution in [0.4, 0.5) is 10.1 Å². The molecular weight excluding hydrogens is 291 g/mol. The molecule has 7 nitrogen and oxygen atoms in total. The topological polar surface area (TPSA) is 98.5 Å². The Morgan fingerprint density at radius 3 is 2.70 bits per heavy atom. The van der Waals surface area contributed by atoms with E-state index in [1.807, 2.05) is 0 Å². The van der Waals surface area contributed by atoms with Crippen LogP contribution in [0.2, 0.25) is 0 Å². The summed E-state index contributed by atoms with van der Waals surface area (Å²) in [5.74, 6) is -1.20. The largest absolute Gasteiger partial charge is 0.380 e. The average Bonchev–Trinajstić information content (AvgIpc) is 2.35. The van der Waals surface area contributed by atoms with Crippen LogP contribution < -0.4 is 4.72 Å². The van der Waals surface area contributed by atoms with Crippen molar-refractivity contribution in [2.45, 2.75) is 24.8 Å². The summed E-state index contributed by atoms with van der Waals surface area (Å²) < 4.78 is 44.8. The third kappa shape index (κ3) is 3.95. The van der Waals surface area contributed by atoms with Crippen LogP contribution in [0, 0.1) is 15.9 Å². The van der Waals surface area contributed by atoms with E-state index in [0.29, 0.717) is 6.61 Å². The molecule has 1 atom stereocenters. The number of nitrogens with one attached hydrogen (secondary N) is 1. The molecular formula is C11H15FN2O5S. The SMILES string of the molecule is CCOCC(C)NS(=O)(=O)c1cccc(F)c1[N+](=O)[O-]. The Morgan fingerprint density at radius 1 is 1.50 bits per heavy atom. The van der Waals surface area contributed by atoms with E-state index in [1.165, 1.54) is 0 Å². The number of sulfonamides is 1. The van der Waals surface area contributed by atoms with Crippen molar-refractivity contribution < 1.29 is 22.5 Å². The predicted octanol–water partition coefficient (Wildman–Crippen LogP) is 1.44. The third-order valence-electron chi connectivity index (χ3n) is 2.35. The van der Waals surface area contributed by atoms with Gasteiger partial charge in [0.2, 0.25) is 15.8 Å². The molecule has 0 saturated carbocycles. The zero-order chi connectivity index (χ0) is 15.3. The van der Waals surface area contributed by atoms with E-state index < -0.39 is 37.4 Å². The van der Waals surface area contributed by atoms with Crippen LogP contribution in [0.15, 0.2) is 23.1 Å². The van der Waals surface area contributed by atoms with Gasteiger partial charge < -0.3 is 4.74 Å². The second-order valence-corrected chi connectivity index (χ2v) is 5.71. The normalized spacial score (nSPS) is 13.2. The van der Waals surface area contributed by atoms with Gasteiger partial charge in [-0.05, 0) is 26.0 Å². The number of hydrogen-bond donors (Lipinski definition) is 1. The first-order valence-electron chi connectivity index (χ1n) is 5.82. The molecule has 20 heavy (non-hydrogen) atoms. The minimum Gasteiger partial charge on any atom is -0.380 e. The van der Waals surface area contributed by atoms with Gasteiger partial charge in [-0.2, -0.15) is 4.39 Å². The van der Waals surface area contributed by atoms with E-state index in [4.69, 9.17) is 4.74 Å². The Hall–Kier alpha value is -1.58. The van der Waals surface area contributed by atoms with Crippen LogP contribution in [0.1, 0.15) is 13.8 Å². The summed E-state index contributed by atoms with van der Waals surface area (Å²) in [6, 6.07) is 2.32. The first kappa shape index (κ1) is 16.5. The highest BCUT2D eigenvalue weighted by Gasteiger charge is 2.30. The Morgan fingerprint density at radius 2 is 2.15 bits per heavy atom. The lowest BCUT2D eigenvalue weighted by Gasteiger charge is -2.14. The van der Waals surface area contributed by atoms with Crippen LogP contribution in [-0.4, -0.2) is 32.6 Å². The fraction of sp³-hybridized carbons (Fsp3) is 0.455. The summed E-state index contributed by atoms with van der Waals surface area (Å²) in [4.78, 5) is 9.03. The first-order chi connectivity index (χ1) is 9.29. The Bertz CT molecular complexity index is 590. The second-order valence-electron chi connectivity index (χ2n) is 4.03. The molecule has 9 heteroatoms. The lowest BCUT2D eigenvalue weighted by atomic mass is 10.3. The van der Waals surface area contributed by atoms with E-state index in [9.17, 15) is 22.9 Å². The highest BCUT2D eigenvalue weighted by atomic mass is 32.2. The Balaban J connectivity index is 3.10. The van der Waals surface area contributed by atoms with Gasteiger partial charge >= 0.3 is 5.69 Å². The average molecular weight is 306 g/mol. The summed E-state index contributed by atoms with van der Waals surface area (Å²) in [5, 5.41) is 10.8. The zero-order valence-corrected chi connectivity index (χ0v) is 11.8. The second kappa shape index (κ2) is 6.73. The quantitative estimate of drug-likeness (QED) is 0.607. The molecule has 0 heterocycles. The van der Waals surface area contributed by atoms with Crippen LogP contribution in [-0.2, 0) is 14.8 Å². The molecule has 0 aromatic heterocycles. The van der Waals surface area contributed by atoms with Crippen LogP contribution in [0.5, 0.6) is 0 Å². The first-order valence-corrected chi connectivity index (χ1v) is 7.31. The smallest absolute Gasteiger partial charge is 0.324 e. The van der Waals surface area contributed by atoms with Crippen molar-refractivity contribution in [3.8, 4) is 0 Å². The van der Waals surface area contributed by atoms with Crippen molar-refractivity contribution in [2.24, 2.45) is 0 Å². The number of nitrogens with zero attached hydrogens (tertiary/aromatic N) is 1. The van der Waals surface area contributed by atoms with Crippen molar-refractivity contribution in [3.05, 3.63) is 34.1 Å². The van der Waals surface area contributed by atoms with Gasteiger partial charge in [0.1, 0.15) is 0 Å². The molecule has 0 spiro atoms. The molecule has 1 unspecified atom stereocenters. The number of nitro groups is 1. The number of rotatable bonds is 7. The summed E-state index contributed by atoms with van der Waals surface area (Å²) in [5.41, 5.74) is -1.07. The minimum atomic E-state index is -4.20. The Kier molecular flexibility index (Phi) is 5.54. The minimum absolute atomic E-state index is 0.110. The van der Waals surface area contributed by atoms with Crippen molar-refractivity contribution in [2.75, 3.05) is 13.2 Å². The highest BCUT2D eigenvalue weighted by Crippen LogP contribution is 2.26. The van der Waals surface area contributed by atoms with E-state index in [1.54, 1.807) is 13.8 Å². The number of hydrogen-bond acceptors (Lipinski definition) is 5. The van der Waals surface area contributed by atoms with Gasteiger partial charge in [-0.15, -0.1) is 0 Å². The van der Waals surface area contributed by atoms with Crippen molar-refractivity contribution >= 4 is 15.7 Å². The molecule has 1 aromatic carbocycles. The van der Waals surface area contributed by atoms with Crippen molar-refractivity contribution in [1.82, 2.24) is 4.72 Å². The molecule has 0 amide bonds. The number of benzene rings is 1. The summed E-state index contributed by atoms with van der Waals surface area (Å²) in [7, 11) is -4.20. The van der Waals surface area contributed by atoms with E-state index in [-0.39, 0.29) is 6.61 Å². The van der Waals surface area contributed by atoms with Gasteiger partial charge in [0.15, 0.2) is 4.90 Å². The van der Waals surface area contributed by atoms with Gasteiger partial charge in [-0.1, -0.05) is 6.07 Å². The summed E-state index contributed by atoms with van der Waals surface area (Å²) in [6.45, 7) is 3.81. The molecule has 0 fully saturated rings. The molecule has 1 aromatic rings. The highest BCUT2D eigenvalue weighted by molar-refractivity contribution is 7.89. The number of halogens is 1. The number of ether oxygens (including phenoxy) is 1. The molecule has 112 valence electrons. The van der Waals surface area contributed by atoms with Gasteiger partial charge in [0.05, 0.1) is 11.5 Å². The summed E-state index contributed by atoms with van der Waals surface area (Å²) in [6.07, 6.45) is 0. The number of para-hydroxylation sites is 1. The molecule has 0 aliphatic rings. The van der Waals surface area contributed by atoms with Gasteiger partial charge in [0.25, 0.3) is 0 Å². The standard InChI is InChI=1S/C11H15FN2O5S/c1-3-19-7-8(2)13-20(17,18)10-6-4-5-9(12)11(10)14(15)16/h4-6,8,13H,3,7H2,1-2H3. The molecule has 1 rings (SSSR count). The van der Waals surface area contributed by atoms with Gasteiger partial charge in [0, 0.05) is 12.6 Å². The number of nitro benzene ring substituents is 1. The predicted molar refractivity (Wildman–Crippen MR) is 69.3 cm³/mol. The lowest BCUT2D eigenvalue weighted by Crippen LogP contribution is -2.36. The van der Waals surface area contributed by atoms with E-state index in [0.717, 1.165) is 18.2 Å². The maximum absolute atomic E-state index is 13.4. The molecule has 0 aliphatic heterocycles. The van der Waals surface area contributed by atoms with E-state index in [2.05, 4.69) is 4.72 Å². The van der Waals surface area contributed by atoms with Gasteiger partial charge in [-0.3, -0.25) is 10.1 Å². The summed E-state index contributed by atoms with van der Waals surface area (Å²) >= 11 is 0. The molecule has 0 saturated heterocycles. The fourth-order valence-electron chi connectivity index (χ4n) is 1.55. The Labute approximate surface area is 115 Å². The monoisotopic (exact) mass is 306 g/mol. The third-order valence-corrected chi connectivity index (χ3v) is 3.97. The van der Waals surface area contributed by atoms with E-state index >= 15 is 0 Å². The molecule has 1 N–H and O–H groups in total. The zero-order valence-electron chi connectivity index (χ0n) is 11.0. The van der Waals surface area contributed by atoms with Crippen LogP contribution in [0.3, 0.4) is 0 Å². The fourth-order valence-corrected chi connectivity index (χ4v) is 2.96.